The Morgan fingerprint density at radius 3 is 1.20 bits per heavy atom. The quantitative estimate of drug-likeness (QED) is 0.0281. The molecule has 0 saturated heterocycles. The lowest BCUT2D eigenvalue weighted by molar-refractivity contribution is -0.887. The SMILES string of the molecule is CC/C=C/C/C=C/C/C=C/C/C=C/CCCCCCCCCCCCC(=O)OCC(COCCC(C(=O)O)[N+](C)(C)C)OC(=O)CCCCCCCCC/C=C/C/C=C/CCCCCCCCCC. The summed E-state index contributed by atoms with van der Waals surface area (Å²) in [7, 11) is 5.54. The van der Waals surface area contributed by atoms with Gasteiger partial charge in [0.05, 0.1) is 34.4 Å². The molecule has 0 radical (unpaired) electrons. The van der Waals surface area contributed by atoms with Crippen LogP contribution in [0.3, 0.4) is 0 Å². The number of hydrogen-bond donors (Lipinski definition) is 1. The minimum atomic E-state index is -0.877. The second-order valence-electron chi connectivity index (χ2n) is 20.2. The third-order valence-electron chi connectivity index (χ3n) is 12.6. The van der Waals surface area contributed by atoms with Crippen LogP contribution in [0.2, 0.25) is 0 Å². The molecule has 0 rings (SSSR count). The Hall–Kier alpha value is -3.23. The summed E-state index contributed by atoms with van der Waals surface area (Å²) in [6.45, 7) is 4.63. The van der Waals surface area contributed by atoms with Crippen molar-refractivity contribution in [2.45, 2.75) is 257 Å². The van der Waals surface area contributed by atoms with Gasteiger partial charge < -0.3 is 23.8 Å². The summed E-state index contributed by atoms with van der Waals surface area (Å²) >= 11 is 0. The summed E-state index contributed by atoms with van der Waals surface area (Å²) in [4.78, 5) is 37.3. The van der Waals surface area contributed by atoms with Gasteiger partial charge in [-0.2, -0.15) is 0 Å². The van der Waals surface area contributed by atoms with Gasteiger partial charge in [-0.3, -0.25) is 9.59 Å². The number of esters is 2. The van der Waals surface area contributed by atoms with Crippen LogP contribution in [0.5, 0.6) is 0 Å². The number of carbonyl (C=O) groups is 3. The van der Waals surface area contributed by atoms with Crippen LogP contribution in [0.15, 0.2) is 72.9 Å². The molecule has 2 atom stereocenters. The summed E-state index contributed by atoms with van der Waals surface area (Å²) < 4.78 is 17.4. The Kier molecular flexibility index (Phi) is 48.7. The number of allylic oxidation sites excluding steroid dienone is 12. The highest BCUT2D eigenvalue weighted by Gasteiger charge is 2.31. The molecular weight excluding hydrogens is 859 g/mol. The first-order chi connectivity index (χ1) is 33.6. The van der Waals surface area contributed by atoms with Crippen LogP contribution in [-0.2, 0) is 28.6 Å². The molecule has 0 aliphatic heterocycles. The Morgan fingerprint density at radius 1 is 0.449 bits per heavy atom. The van der Waals surface area contributed by atoms with E-state index >= 15 is 0 Å². The maximum Gasteiger partial charge on any atom is 0.362 e. The third-order valence-corrected chi connectivity index (χ3v) is 12.6. The fraction of sp³-hybridized carbons (Fsp3) is 0.754. The van der Waals surface area contributed by atoms with Crippen molar-refractivity contribution >= 4 is 17.9 Å². The summed E-state index contributed by atoms with van der Waals surface area (Å²) in [5.41, 5.74) is 0. The smallest absolute Gasteiger partial charge is 0.362 e. The van der Waals surface area contributed by atoms with Crippen molar-refractivity contribution in [1.29, 1.82) is 0 Å². The van der Waals surface area contributed by atoms with Gasteiger partial charge in [0.15, 0.2) is 12.1 Å². The first-order valence-corrected chi connectivity index (χ1v) is 28.5. The van der Waals surface area contributed by atoms with E-state index in [-0.39, 0.29) is 36.2 Å². The van der Waals surface area contributed by atoms with Crippen molar-refractivity contribution in [3.8, 4) is 0 Å². The second-order valence-corrected chi connectivity index (χ2v) is 20.2. The minimum Gasteiger partial charge on any atom is -0.477 e. The van der Waals surface area contributed by atoms with Crippen LogP contribution >= 0.6 is 0 Å². The van der Waals surface area contributed by atoms with E-state index in [1.165, 1.54) is 135 Å². The van der Waals surface area contributed by atoms with E-state index in [0.717, 1.165) is 77.0 Å². The molecule has 0 spiro atoms. The van der Waals surface area contributed by atoms with E-state index in [1.54, 1.807) is 0 Å². The van der Waals surface area contributed by atoms with Crippen LogP contribution in [0.25, 0.3) is 0 Å². The first kappa shape index (κ1) is 65.8. The number of nitrogens with zero attached hydrogens (tertiary/aromatic N) is 1. The Bertz CT molecular complexity index is 1360. The predicted octanol–water partition coefficient (Wildman–Crippen LogP) is 17.0. The Labute approximate surface area is 425 Å². The molecule has 8 heteroatoms. The molecule has 2 unspecified atom stereocenters. The number of carbonyl (C=O) groups excluding carboxylic acids is 2. The van der Waals surface area contributed by atoms with Crippen LogP contribution in [-0.4, -0.2) is 80.6 Å². The molecule has 0 aromatic carbocycles. The number of carboxylic acid groups (broad SMARTS) is 1. The molecule has 1 N–H and O–H groups in total. The van der Waals surface area contributed by atoms with Crippen LogP contribution in [0.4, 0.5) is 0 Å². The highest BCUT2D eigenvalue weighted by atomic mass is 16.6. The normalized spacial score (nSPS) is 13.3. The number of rotatable bonds is 51. The van der Waals surface area contributed by atoms with Crippen molar-refractivity contribution in [3.05, 3.63) is 72.9 Å². The zero-order valence-electron chi connectivity index (χ0n) is 45.5. The summed E-state index contributed by atoms with van der Waals surface area (Å²) in [6, 6.07) is -0.621. The largest absolute Gasteiger partial charge is 0.477 e. The average Bonchev–Trinajstić information content (AvgIpc) is 3.31. The Balaban J connectivity index is 4.21. The van der Waals surface area contributed by atoms with Crippen molar-refractivity contribution in [3.63, 3.8) is 0 Å². The monoisotopic (exact) mass is 967 g/mol. The predicted molar refractivity (Wildman–Crippen MR) is 294 cm³/mol. The molecule has 0 heterocycles. The highest BCUT2D eigenvalue weighted by Crippen LogP contribution is 2.15. The standard InChI is InChI=1S/C61H107NO7/c1-6-8-10-12-14-16-18-20-22-24-26-28-30-32-33-35-37-39-41-43-45-47-49-51-59(63)68-56-57(55-67-54-53-58(61(65)66)62(3,4)5)69-60(64)52-50-48-46-44-42-40-38-36-34-31-29-27-25-23-21-19-17-15-13-11-9-7-2/h8,10,14,16,20,22,25-28,31,34,57-58H,6-7,9,11-13,15,17-19,21,23-24,29-30,32-33,35-56H2,1-5H3/p+1/b10-8+,16-14+,22-20+,27-25+,28-26+,34-31+. The fourth-order valence-corrected chi connectivity index (χ4v) is 8.23. The highest BCUT2D eigenvalue weighted by molar-refractivity contribution is 5.72. The van der Waals surface area contributed by atoms with Crippen molar-refractivity contribution < 1.29 is 38.2 Å². The fourth-order valence-electron chi connectivity index (χ4n) is 8.23. The van der Waals surface area contributed by atoms with Gasteiger partial charge in [-0.25, -0.2) is 4.79 Å². The van der Waals surface area contributed by atoms with Crippen molar-refractivity contribution in [2.75, 3.05) is 41.0 Å². The van der Waals surface area contributed by atoms with Crippen molar-refractivity contribution in [2.24, 2.45) is 0 Å². The molecule has 0 aromatic rings. The number of unbranched alkanes of at least 4 members (excludes halogenated alkanes) is 25. The molecule has 398 valence electrons. The third kappa shape index (κ3) is 49.5. The molecule has 0 aliphatic carbocycles. The number of carboxylic acids is 1. The van der Waals surface area contributed by atoms with E-state index in [1.807, 2.05) is 21.1 Å². The maximum absolute atomic E-state index is 12.8. The molecule has 8 nitrogen and oxygen atoms in total. The summed E-state index contributed by atoms with van der Waals surface area (Å²) in [5, 5.41) is 9.68. The van der Waals surface area contributed by atoms with Crippen LogP contribution < -0.4 is 0 Å². The van der Waals surface area contributed by atoms with Gasteiger partial charge in [-0.1, -0.05) is 215 Å². The number of aliphatic carboxylic acids is 1. The number of quaternary nitrogens is 1. The van der Waals surface area contributed by atoms with Gasteiger partial charge in [0.2, 0.25) is 0 Å². The molecule has 0 bridgehead atoms. The van der Waals surface area contributed by atoms with E-state index in [4.69, 9.17) is 14.2 Å². The molecular formula is C61H108NO7+. The molecule has 0 saturated carbocycles. The molecule has 69 heavy (non-hydrogen) atoms. The minimum absolute atomic E-state index is 0.0546. The molecule has 0 amide bonds. The van der Waals surface area contributed by atoms with Gasteiger partial charge >= 0.3 is 17.9 Å². The zero-order chi connectivity index (χ0) is 50.6. The number of hydrogen-bond acceptors (Lipinski definition) is 6. The average molecular weight is 968 g/mol. The van der Waals surface area contributed by atoms with E-state index in [9.17, 15) is 19.5 Å². The lowest BCUT2D eigenvalue weighted by Gasteiger charge is -2.31. The summed E-state index contributed by atoms with van der Waals surface area (Å²) in [6.07, 6.45) is 66.7. The van der Waals surface area contributed by atoms with Crippen molar-refractivity contribution in [1.82, 2.24) is 0 Å². The van der Waals surface area contributed by atoms with E-state index in [2.05, 4.69) is 86.8 Å². The van der Waals surface area contributed by atoms with Crippen LogP contribution in [0, 0.1) is 0 Å². The molecule has 0 aliphatic rings. The van der Waals surface area contributed by atoms with E-state index < -0.39 is 18.1 Å². The van der Waals surface area contributed by atoms with Gasteiger partial charge in [0, 0.05) is 19.3 Å². The van der Waals surface area contributed by atoms with Gasteiger partial charge in [0.1, 0.15) is 6.61 Å². The van der Waals surface area contributed by atoms with Gasteiger partial charge in [-0.05, 0) is 83.5 Å². The van der Waals surface area contributed by atoms with Gasteiger partial charge in [0.25, 0.3) is 0 Å². The summed E-state index contributed by atoms with van der Waals surface area (Å²) in [5.74, 6) is -1.48. The lowest BCUT2D eigenvalue weighted by atomic mass is 10.1. The Morgan fingerprint density at radius 2 is 0.812 bits per heavy atom. The topological polar surface area (TPSA) is 99.1 Å². The second kappa shape index (κ2) is 51.1. The van der Waals surface area contributed by atoms with Gasteiger partial charge in [-0.15, -0.1) is 0 Å². The zero-order valence-corrected chi connectivity index (χ0v) is 45.5. The molecule has 0 aromatic heterocycles. The van der Waals surface area contributed by atoms with Crippen LogP contribution in [0.1, 0.15) is 245 Å². The first-order valence-electron chi connectivity index (χ1n) is 28.5. The molecule has 0 fully saturated rings. The lowest BCUT2D eigenvalue weighted by Crippen LogP contribution is -2.50. The maximum atomic E-state index is 12.8. The number of likely N-dealkylation sites (N-methyl/N-ethyl adjacent to an activating group) is 1. The van der Waals surface area contributed by atoms with E-state index in [0.29, 0.717) is 19.3 Å². The number of ether oxygens (including phenoxy) is 3.